The van der Waals surface area contributed by atoms with Gasteiger partial charge < -0.3 is 19.9 Å². The van der Waals surface area contributed by atoms with E-state index in [1.807, 2.05) is 6.07 Å². The minimum atomic E-state index is -0.144. The number of hydrogen-bond acceptors (Lipinski definition) is 4. The van der Waals surface area contributed by atoms with Crippen LogP contribution in [-0.2, 0) is 0 Å². The molecule has 0 fully saturated rings. The summed E-state index contributed by atoms with van der Waals surface area (Å²) in [5, 5.41) is 23.5. The second kappa shape index (κ2) is 10.4. The highest BCUT2D eigenvalue weighted by Crippen LogP contribution is 2.37. The summed E-state index contributed by atoms with van der Waals surface area (Å²) < 4.78 is 6.77. The third-order valence-corrected chi connectivity index (χ3v) is 6.49. The number of anilines is 2. The molecule has 0 aliphatic heterocycles. The van der Waals surface area contributed by atoms with Gasteiger partial charge in [-0.3, -0.25) is 0 Å². The molecule has 0 amide bonds. The lowest BCUT2D eigenvalue weighted by molar-refractivity contribution is -1.07. The largest absolute Gasteiger partial charge is 0.479 e. The molecule has 0 aliphatic rings. The second-order valence-electron chi connectivity index (χ2n) is 11.2. The molecule has 0 atom stereocenters. The average Bonchev–Trinajstić information content (AvgIpc) is 2.76. The molecule has 0 radical (unpaired) electrons. The summed E-state index contributed by atoms with van der Waals surface area (Å²) in [6.45, 7) is 16.3. The molecule has 0 saturated heterocycles. The highest BCUT2D eigenvalue weighted by atomic mass is 16.5. The first-order chi connectivity index (χ1) is 16.7. The zero-order chi connectivity index (χ0) is 26.8. The fourth-order valence-corrected chi connectivity index (χ4v) is 4.64. The number of rotatable bonds is 10. The fourth-order valence-electron chi connectivity index (χ4n) is 4.64. The number of likely N-dealkylation sites (N-methyl/N-ethyl adjacent to an activating group) is 2. The predicted octanol–water partition coefficient (Wildman–Crippen LogP) is 3.44. The van der Waals surface area contributed by atoms with Gasteiger partial charge in [0.25, 0.3) is 0 Å². The maximum atomic E-state index is 10.2. The molecule has 192 valence electrons. The Bertz CT molecular complexity index is 1420. The lowest BCUT2D eigenvalue weighted by Crippen LogP contribution is -2.39. The van der Waals surface area contributed by atoms with Gasteiger partial charge in [-0.05, 0) is 46.2 Å². The molecule has 0 heterocycles. The van der Waals surface area contributed by atoms with Crippen LogP contribution in [0.15, 0.2) is 18.2 Å². The SMILES string of the molecule is C#CCOc1cc(NCC[N+](C)(C)C)c2c(=C)c3c(C)ccc(C)c3c(=C)c2c1NCC[N+](C)(C)O. The van der Waals surface area contributed by atoms with Crippen LogP contribution in [0.5, 0.6) is 5.75 Å². The van der Waals surface area contributed by atoms with Gasteiger partial charge in [0.15, 0.2) is 0 Å². The Balaban J connectivity index is 2.38. The van der Waals surface area contributed by atoms with Crippen molar-refractivity contribution in [2.45, 2.75) is 13.8 Å². The second-order valence-corrected chi connectivity index (χ2v) is 11.2. The lowest BCUT2D eigenvalue weighted by Gasteiger charge is -2.25. The van der Waals surface area contributed by atoms with Crippen molar-refractivity contribution in [2.24, 2.45) is 0 Å². The van der Waals surface area contributed by atoms with Crippen molar-refractivity contribution in [3.63, 3.8) is 0 Å². The number of nitrogens with one attached hydrogen (secondary N) is 2. The van der Waals surface area contributed by atoms with Crippen molar-refractivity contribution < 1.29 is 19.1 Å². The molecule has 3 rings (SSSR count). The summed E-state index contributed by atoms with van der Waals surface area (Å²) in [5.41, 5.74) is 4.10. The van der Waals surface area contributed by atoms with Crippen LogP contribution in [0, 0.1) is 26.2 Å². The Labute approximate surface area is 215 Å². The standard InChI is InChI=1S/C30H42N4O2/c1-11-18-36-25-19-24(31-14-16-33(6,7)8)28-22(4)26-20(2)12-13-21(3)27(26)23(5)29(28)30(25)32-15-17-34(9,10)35/h1,12-13,19,31-32,35H,4-5,14-18H2,2-3,6-10H3/q+2. The number of terminal acetylenes is 1. The quantitative estimate of drug-likeness (QED) is 0.176. The predicted molar refractivity (Wildman–Crippen MR) is 154 cm³/mol. The topological polar surface area (TPSA) is 53.5 Å². The first-order valence-electron chi connectivity index (χ1n) is 12.4. The first-order valence-corrected chi connectivity index (χ1v) is 12.4. The number of hydroxylamine groups is 3. The highest BCUT2D eigenvalue weighted by molar-refractivity contribution is 6.12. The number of benzene rings is 3. The summed E-state index contributed by atoms with van der Waals surface area (Å²) in [4.78, 5) is 0. The van der Waals surface area contributed by atoms with E-state index in [9.17, 15) is 5.21 Å². The molecule has 0 aliphatic carbocycles. The van der Waals surface area contributed by atoms with E-state index in [-0.39, 0.29) is 11.3 Å². The number of hydrogen-bond donors (Lipinski definition) is 3. The minimum Gasteiger partial charge on any atom is -0.479 e. The molecule has 6 nitrogen and oxygen atoms in total. The first kappa shape index (κ1) is 27.3. The van der Waals surface area contributed by atoms with E-state index in [0.29, 0.717) is 18.8 Å². The van der Waals surface area contributed by atoms with Gasteiger partial charge in [-0.2, -0.15) is 4.65 Å². The Kier molecular flexibility index (Phi) is 7.90. The molecule has 0 unspecified atom stereocenters. The van der Waals surface area contributed by atoms with Gasteiger partial charge in [-0.1, -0.05) is 31.2 Å². The molecule has 3 N–H and O–H groups in total. The van der Waals surface area contributed by atoms with Gasteiger partial charge in [-0.15, -0.1) is 6.42 Å². The van der Waals surface area contributed by atoms with Crippen molar-refractivity contribution in [1.82, 2.24) is 0 Å². The van der Waals surface area contributed by atoms with Crippen molar-refractivity contribution in [2.75, 3.05) is 78.7 Å². The zero-order valence-corrected chi connectivity index (χ0v) is 23.0. The van der Waals surface area contributed by atoms with Crippen molar-refractivity contribution >= 4 is 46.1 Å². The summed E-state index contributed by atoms with van der Waals surface area (Å²) in [6.07, 6.45) is 5.56. The smallest absolute Gasteiger partial charge is 0.148 e. The van der Waals surface area contributed by atoms with Crippen molar-refractivity contribution in [1.29, 1.82) is 0 Å². The Hall–Kier alpha value is -3.24. The van der Waals surface area contributed by atoms with Crippen molar-refractivity contribution in [3.8, 4) is 18.1 Å². The van der Waals surface area contributed by atoms with E-state index in [1.165, 1.54) is 5.56 Å². The van der Waals surface area contributed by atoms with Crippen LogP contribution < -0.4 is 25.8 Å². The van der Waals surface area contributed by atoms with Gasteiger partial charge in [0.2, 0.25) is 0 Å². The Morgan fingerprint density at radius 3 is 1.97 bits per heavy atom. The molecular formula is C30H42N4O2+2. The van der Waals surface area contributed by atoms with E-state index in [1.54, 1.807) is 14.1 Å². The molecule has 36 heavy (non-hydrogen) atoms. The summed E-state index contributed by atoms with van der Waals surface area (Å²) >= 11 is 0. The summed E-state index contributed by atoms with van der Waals surface area (Å²) in [7, 11) is 10.0. The van der Waals surface area contributed by atoms with E-state index in [0.717, 1.165) is 66.5 Å². The minimum absolute atomic E-state index is 0.144. The lowest BCUT2D eigenvalue weighted by atomic mass is 9.91. The van der Waals surface area contributed by atoms with Gasteiger partial charge in [0.1, 0.15) is 18.9 Å². The third-order valence-electron chi connectivity index (χ3n) is 6.49. The average molecular weight is 491 g/mol. The van der Waals surface area contributed by atoms with Crippen LogP contribution in [0.4, 0.5) is 11.4 Å². The fraction of sp³-hybridized carbons (Fsp3) is 0.400. The van der Waals surface area contributed by atoms with Crippen LogP contribution in [-0.4, -0.2) is 82.4 Å². The molecule has 6 heteroatoms. The summed E-state index contributed by atoms with van der Waals surface area (Å²) in [5.74, 6) is 3.24. The third kappa shape index (κ3) is 5.93. The normalized spacial score (nSPS) is 12.1. The molecule has 0 spiro atoms. The van der Waals surface area contributed by atoms with Crippen LogP contribution in [0.1, 0.15) is 11.1 Å². The number of nitrogens with zero attached hydrogens (tertiary/aromatic N) is 2. The van der Waals surface area contributed by atoms with Crippen LogP contribution >= 0.6 is 0 Å². The van der Waals surface area contributed by atoms with Crippen molar-refractivity contribution in [3.05, 3.63) is 39.8 Å². The number of ether oxygens (including phenoxy) is 1. The molecule has 3 aromatic rings. The Morgan fingerprint density at radius 2 is 1.44 bits per heavy atom. The van der Waals surface area contributed by atoms with E-state index < -0.39 is 0 Å². The molecule has 0 bridgehead atoms. The maximum Gasteiger partial charge on any atom is 0.148 e. The Morgan fingerprint density at radius 1 is 0.889 bits per heavy atom. The van der Waals surface area contributed by atoms with Gasteiger partial charge in [0.05, 0.1) is 60.6 Å². The maximum absolute atomic E-state index is 10.2. The van der Waals surface area contributed by atoms with E-state index in [4.69, 9.17) is 11.2 Å². The summed E-state index contributed by atoms with van der Waals surface area (Å²) in [6, 6.07) is 6.30. The number of quaternary nitrogens is 2. The van der Waals surface area contributed by atoms with Gasteiger partial charge in [0, 0.05) is 22.5 Å². The van der Waals surface area contributed by atoms with Crippen LogP contribution in [0.25, 0.3) is 34.7 Å². The molecule has 0 aromatic heterocycles. The van der Waals surface area contributed by atoms with E-state index in [2.05, 4.69) is 76.8 Å². The highest BCUT2D eigenvalue weighted by Gasteiger charge is 2.20. The van der Waals surface area contributed by atoms with Gasteiger partial charge >= 0.3 is 0 Å². The van der Waals surface area contributed by atoms with Gasteiger partial charge in [-0.25, -0.2) is 5.21 Å². The molecule has 0 saturated carbocycles. The van der Waals surface area contributed by atoms with Crippen LogP contribution in [0.3, 0.4) is 0 Å². The molecular weight excluding hydrogens is 448 g/mol. The molecule has 3 aromatic carbocycles. The number of fused-ring (bicyclic) bond motifs is 2. The van der Waals surface area contributed by atoms with Crippen LogP contribution in [0.2, 0.25) is 0 Å². The monoisotopic (exact) mass is 490 g/mol. The number of aryl methyl sites for hydroxylation is 2. The zero-order valence-electron chi connectivity index (χ0n) is 23.0. The van der Waals surface area contributed by atoms with E-state index >= 15 is 0 Å².